The Labute approximate surface area is 159 Å². The van der Waals surface area contributed by atoms with Crippen LogP contribution in [0.2, 0.25) is 0 Å². The first-order valence-corrected chi connectivity index (χ1v) is 9.92. The number of rotatable bonds is 2. The fourth-order valence-corrected chi connectivity index (χ4v) is 4.98. The Morgan fingerprint density at radius 1 is 0.885 bits per heavy atom. The highest BCUT2D eigenvalue weighted by Crippen LogP contribution is 2.54. The van der Waals surface area contributed by atoms with Crippen LogP contribution in [-0.4, -0.2) is 6.64 Å². The second-order valence-electron chi connectivity index (χ2n) is 7.84. The molecule has 2 aliphatic heterocycles. The van der Waals surface area contributed by atoms with Crippen molar-refractivity contribution in [1.29, 1.82) is 0 Å². The number of allylic oxidation sites excluding steroid dienone is 2. The summed E-state index contributed by atoms with van der Waals surface area (Å²) in [7, 11) is 0. The molecule has 1 saturated carbocycles. The molecule has 1 aliphatic carbocycles. The number of benzene rings is 2. The molecule has 26 heavy (non-hydrogen) atoms. The van der Waals surface area contributed by atoms with Gasteiger partial charge in [0.15, 0.2) is 0 Å². The Morgan fingerprint density at radius 3 is 2.35 bits per heavy atom. The normalized spacial score (nSPS) is 29.5. The molecule has 1 fully saturated rings. The summed E-state index contributed by atoms with van der Waals surface area (Å²) in [4.78, 5) is 4.24. The van der Waals surface area contributed by atoms with Gasteiger partial charge in [-0.2, -0.15) is 0 Å². The van der Waals surface area contributed by atoms with Crippen molar-refractivity contribution < 1.29 is 2.74 Å². The zero-order chi connectivity index (χ0) is 19.5. The lowest BCUT2D eigenvalue weighted by Crippen LogP contribution is -2.26. The maximum absolute atomic E-state index is 9.80. The number of aryl methyl sites for hydroxylation is 1. The van der Waals surface area contributed by atoms with Crippen molar-refractivity contribution in [1.82, 2.24) is 0 Å². The van der Waals surface area contributed by atoms with Crippen LogP contribution >= 0.6 is 0 Å². The lowest BCUT2D eigenvalue weighted by Gasteiger charge is -2.29. The standard InChI is InChI=1S/C24H28N2/c1-17-10-6-8-14-21(17)25-16-26-22-15-9-7-13-20(22)23(24(26)18(25)2)19-11-4-3-5-12-19/h6-10,13-15,19,23H,3-5,11-12,16H2,1-2H3/i16D,23D. The minimum atomic E-state index is -0.752. The van der Waals surface area contributed by atoms with Crippen LogP contribution in [0.3, 0.4) is 0 Å². The molecule has 2 atom stereocenters. The molecule has 2 unspecified atom stereocenters. The average Bonchev–Trinajstić information content (AvgIpc) is 3.15. The Kier molecular flexibility index (Phi) is 3.31. The zero-order valence-corrected chi connectivity index (χ0v) is 15.7. The van der Waals surface area contributed by atoms with E-state index in [4.69, 9.17) is 1.37 Å². The molecule has 0 aromatic heterocycles. The lowest BCUT2D eigenvalue weighted by molar-refractivity contribution is 0.327. The van der Waals surface area contributed by atoms with Gasteiger partial charge in [-0.3, -0.25) is 0 Å². The highest BCUT2D eigenvalue weighted by atomic mass is 15.4. The Hall–Kier alpha value is -2.22. The number of anilines is 2. The van der Waals surface area contributed by atoms with Gasteiger partial charge >= 0.3 is 0 Å². The highest BCUT2D eigenvalue weighted by molar-refractivity contribution is 5.75. The van der Waals surface area contributed by atoms with E-state index >= 15 is 0 Å². The van der Waals surface area contributed by atoms with E-state index in [0.29, 0.717) is 5.92 Å². The highest BCUT2D eigenvalue weighted by Gasteiger charge is 2.44. The topological polar surface area (TPSA) is 6.48 Å². The van der Waals surface area contributed by atoms with Gasteiger partial charge in [-0.1, -0.05) is 55.7 Å². The number of fused-ring (bicyclic) bond motifs is 3. The van der Waals surface area contributed by atoms with Gasteiger partial charge in [0.2, 0.25) is 0 Å². The van der Waals surface area contributed by atoms with Crippen LogP contribution < -0.4 is 9.80 Å². The summed E-state index contributed by atoms with van der Waals surface area (Å²) in [6.45, 7) is 3.65. The maximum atomic E-state index is 9.80. The third kappa shape index (κ3) is 2.31. The van der Waals surface area contributed by atoms with Crippen molar-refractivity contribution in [3.8, 4) is 0 Å². The maximum Gasteiger partial charge on any atom is 0.0995 e. The van der Waals surface area contributed by atoms with Crippen molar-refractivity contribution >= 4 is 11.4 Å². The molecule has 134 valence electrons. The Morgan fingerprint density at radius 2 is 1.58 bits per heavy atom. The van der Waals surface area contributed by atoms with E-state index in [1.807, 2.05) is 18.2 Å². The van der Waals surface area contributed by atoms with Crippen molar-refractivity contribution in [2.75, 3.05) is 16.4 Å². The molecule has 2 heteroatoms. The second kappa shape index (κ2) is 6.19. The van der Waals surface area contributed by atoms with Crippen molar-refractivity contribution in [3.05, 3.63) is 71.1 Å². The molecule has 0 N–H and O–H groups in total. The number of hydrogen-bond donors (Lipinski definition) is 0. The van der Waals surface area contributed by atoms with E-state index in [2.05, 4.69) is 54.0 Å². The van der Waals surface area contributed by atoms with E-state index in [9.17, 15) is 1.37 Å². The third-order valence-electron chi connectivity index (χ3n) is 6.27. The van der Waals surface area contributed by atoms with Crippen LogP contribution in [0.1, 0.15) is 58.8 Å². The largest absolute Gasteiger partial charge is 0.325 e. The Balaban J connectivity index is 1.71. The predicted molar refractivity (Wildman–Crippen MR) is 109 cm³/mol. The first-order chi connectivity index (χ1) is 13.5. The van der Waals surface area contributed by atoms with Crippen molar-refractivity contribution in [3.63, 3.8) is 0 Å². The number of para-hydroxylation sites is 2. The summed E-state index contributed by atoms with van der Waals surface area (Å²) >= 11 is 0. The molecule has 3 aliphatic rings. The minimum absolute atomic E-state index is 0.321. The first kappa shape index (κ1) is 13.9. The number of nitrogens with zero attached hydrogens (tertiary/aromatic N) is 2. The fraction of sp³-hybridized carbons (Fsp3) is 0.417. The summed E-state index contributed by atoms with van der Waals surface area (Å²) in [6.07, 6.45) is 5.93. The molecule has 0 spiro atoms. The van der Waals surface area contributed by atoms with Crippen LogP contribution in [0.25, 0.3) is 0 Å². The van der Waals surface area contributed by atoms with E-state index in [1.54, 1.807) is 0 Å². The van der Waals surface area contributed by atoms with Gasteiger partial charge in [0.1, 0.15) is 0 Å². The average molecular weight is 347 g/mol. The zero-order valence-electron chi connectivity index (χ0n) is 17.7. The van der Waals surface area contributed by atoms with Gasteiger partial charge in [-0.15, -0.1) is 0 Å². The van der Waals surface area contributed by atoms with E-state index in [0.717, 1.165) is 41.2 Å². The molecule has 5 rings (SSSR count). The second-order valence-corrected chi connectivity index (χ2v) is 7.84. The summed E-state index contributed by atoms with van der Waals surface area (Å²) in [5.41, 5.74) is 6.48. The SMILES string of the molecule is [2H]C1N(c2ccccc2C)C(C)=C2N1c1ccccc1C2([2H])C1CCCCC1. The summed E-state index contributed by atoms with van der Waals surface area (Å²) in [5.74, 6) is -0.431. The molecular formula is C24H28N2. The van der Waals surface area contributed by atoms with Crippen LogP contribution in [-0.2, 0) is 0 Å². The van der Waals surface area contributed by atoms with Gasteiger partial charge in [0.25, 0.3) is 0 Å². The van der Waals surface area contributed by atoms with Gasteiger partial charge < -0.3 is 9.80 Å². The monoisotopic (exact) mass is 346 g/mol. The number of hydrogen-bond acceptors (Lipinski definition) is 2. The van der Waals surface area contributed by atoms with Crippen LogP contribution in [0.4, 0.5) is 11.4 Å². The summed E-state index contributed by atoms with van der Waals surface area (Å²) in [5, 5.41) is 0. The minimum Gasteiger partial charge on any atom is -0.325 e. The molecular weight excluding hydrogens is 316 g/mol. The molecule has 0 amide bonds. The van der Waals surface area contributed by atoms with Crippen LogP contribution in [0.15, 0.2) is 59.9 Å². The van der Waals surface area contributed by atoms with E-state index in [-0.39, 0.29) is 0 Å². The third-order valence-corrected chi connectivity index (χ3v) is 6.27. The lowest BCUT2D eigenvalue weighted by atomic mass is 9.76. The van der Waals surface area contributed by atoms with Crippen molar-refractivity contribution in [2.45, 2.75) is 51.8 Å². The van der Waals surface area contributed by atoms with E-state index in [1.165, 1.54) is 24.8 Å². The smallest absolute Gasteiger partial charge is 0.0995 e. The molecule has 0 saturated heterocycles. The first-order valence-electron chi connectivity index (χ1n) is 11.0. The van der Waals surface area contributed by atoms with Crippen molar-refractivity contribution in [2.24, 2.45) is 5.92 Å². The molecule has 0 radical (unpaired) electrons. The Bertz CT molecular complexity index is 947. The molecule has 2 aromatic rings. The predicted octanol–water partition coefficient (Wildman–Crippen LogP) is 6.19. The van der Waals surface area contributed by atoms with Crippen LogP contribution in [0.5, 0.6) is 0 Å². The fourth-order valence-electron chi connectivity index (χ4n) is 4.98. The van der Waals surface area contributed by atoms with Gasteiger partial charge in [-0.25, -0.2) is 0 Å². The van der Waals surface area contributed by atoms with Gasteiger partial charge in [0.05, 0.1) is 8.02 Å². The quantitative estimate of drug-likeness (QED) is 0.640. The van der Waals surface area contributed by atoms with Gasteiger partial charge in [0, 0.05) is 30.0 Å². The molecule has 2 aromatic carbocycles. The molecule has 0 bridgehead atoms. The van der Waals surface area contributed by atoms with Gasteiger partial charge in [-0.05, 0) is 55.9 Å². The van der Waals surface area contributed by atoms with Crippen LogP contribution in [0, 0.1) is 12.8 Å². The molecule has 2 heterocycles. The molecule has 2 nitrogen and oxygen atoms in total. The summed E-state index contributed by atoms with van der Waals surface area (Å²) in [6, 6.07) is 16.6. The van der Waals surface area contributed by atoms with E-state index < -0.39 is 12.5 Å². The summed E-state index contributed by atoms with van der Waals surface area (Å²) < 4.78 is 18.9.